The fourth-order valence-corrected chi connectivity index (χ4v) is 4.53. The molecular weight excluding hydrogens is 441 g/mol. The molecule has 2 atom stereocenters. The van der Waals surface area contributed by atoms with Crippen molar-refractivity contribution in [1.82, 2.24) is 15.3 Å². The second kappa shape index (κ2) is 8.65. The van der Waals surface area contributed by atoms with Crippen molar-refractivity contribution >= 4 is 34.1 Å². The molecule has 3 N–H and O–H groups in total. The zero-order chi connectivity index (χ0) is 23.0. The van der Waals surface area contributed by atoms with Gasteiger partial charge < -0.3 is 15.6 Å². The Hall–Kier alpha value is -2.74. The van der Waals surface area contributed by atoms with Crippen molar-refractivity contribution in [1.29, 1.82) is 0 Å². The third-order valence-electron chi connectivity index (χ3n) is 5.82. The summed E-state index contributed by atoms with van der Waals surface area (Å²) >= 11 is 6.09. The molecule has 170 valence electrons. The van der Waals surface area contributed by atoms with Crippen LogP contribution in [0.2, 0.25) is 5.02 Å². The van der Waals surface area contributed by atoms with Gasteiger partial charge in [-0.2, -0.15) is 13.2 Å². The molecule has 0 spiro atoms. The van der Waals surface area contributed by atoms with Crippen molar-refractivity contribution in [2.24, 2.45) is 0 Å². The minimum Gasteiger partial charge on any atom is -0.382 e. The van der Waals surface area contributed by atoms with Crippen LogP contribution in [0.5, 0.6) is 0 Å². The Morgan fingerprint density at radius 2 is 1.91 bits per heavy atom. The number of halogens is 4. The summed E-state index contributed by atoms with van der Waals surface area (Å²) in [5, 5.41) is 7.30. The number of carbonyl (C=O) groups excluding carboxylic acids is 1. The molecule has 0 unspecified atom stereocenters. The second-order valence-corrected chi connectivity index (χ2v) is 8.82. The predicted molar refractivity (Wildman–Crippen MR) is 119 cm³/mol. The van der Waals surface area contributed by atoms with Gasteiger partial charge >= 0.3 is 6.18 Å². The van der Waals surface area contributed by atoms with Crippen LogP contribution in [0.1, 0.15) is 53.1 Å². The summed E-state index contributed by atoms with van der Waals surface area (Å²) < 4.78 is 40.2. The van der Waals surface area contributed by atoms with Crippen LogP contribution in [0.15, 0.2) is 30.3 Å². The molecule has 0 bridgehead atoms. The van der Waals surface area contributed by atoms with Gasteiger partial charge in [-0.05, 0) is 69.9 Å². The quantitative estimate of drug-likeness (QED) is 0.443. The summed E-state index contributed by atoms with van der Waals surface area (Å²) in [4.78, 5) is 19.6. The Balaban J connectivity index is 1.54. The largest absolute Gasteiger partial charge is 0.433 e. The minimum absolute atomic E-state index is 0.0675. The van der Waals surface area contributed by atoms with Gasteiger partial charge in [-0.15, -0.1) is 0 Å². The highest BCUT2D eigenvalue weighted by Gasteiger charge is 2.34. The average Bonchev–Trinajstić information content (AvgIpc) is 3.06. The summed E-state index contributed by atoms with van der Waals surface area (Å²) in [5.74, 6) is -0.141. The van der Waals surface area contributed by atoms with Crippen LogP contribution in [-0.2, 0) is 6.18 Å². The van der Waals surface area contributed by atoms with Crippen LogP contribution in [0, 0.1) is 13.8 Å². The van der Waals surface area contributed by atoms with Gasteiger partial charge in [0.2, 0.25) is 0 Å². The smallest absolute Gasteiger partial charge is 0.382 e. The fraction of sp³-hybridized carbons (Fsp3) is 0.391. The Kier molecular flexibility index (Phi) is 6.07. The number of rotatable bonds is 4. The van der Waals surface area contributed by atoms with E-state index in [0.717, 1.165) is 36.7 Å². The molecule has 0 saturated heterocycles. The maximum atomic E-state index is 13.4. The van der Waals surface area contributed by atoms with Crippen molar-refractivity contribution < 1.29 is 18.0 Å². The first-order chi connectivity index (χ1) is 15.1. The molecule has 1 saturated carbocycles. The Bertz CT molecular complexity index is 1160. The first-order valence-corrected chi connectivity index (χ1v) is 10.9. The second-order valence-electron chi connectivity index (χ2n) is 8.38. The van der Waals surface area contributed by atoms with E-state index in [-0.39, 0.29) is 23.5 Å². The number of hydrogen-bond donors (Lipinski definition) is 3. The van der Waals surface area contributed by atoms with Crippen LogP contribution in [0.3, 0.4) is 0 Å². The van der Waals surface area contributed by atoms with Gasteiger partial charge in [-0.1, -0.05) is 11.6 Å². The molecule has 4 rings (SSSR count). The maximum Gasteiger partial charge on any atom is 0.433 e. The summed E-state index contributed by atoms with van der Waals surface area (Å²) in [7, 11) is 0. The monoisotopic (exact) mass is 464 g/mol. The highest BCUT2D eigenvalue weighted by atomic mass is 35.5. The summed E-state index contributed by atoms with van der Waals surface area (Å²) in [6.07, 6.45) is -1.48. The van der Waals surface area contributed by atoms with E-state index in [1.807, 2.05) is 19.9 Å². The molecule has 3 aromatic rings. The number of carbonyl (C=O) groups is 1. The van der Waals surface area contributed by atoms with E-state index < -0.39 is 11.9 Å². The maximum absolute atomic E-state index is 13.4. The molecule has 1 amide bonds. The van der Waals surface area contributed by atoms with Crippen LogP contribution in [0.25, 0.3) is 10.9 Å². The van der Waals surface area contributed by atoms with Gasteiger partial charge in [0, 0.05) is 39.6 Å². The first-order valence-electron chi connectivity index (χ1n) is 10.5. The van der Waals surface area contributed by atoms with Crippen molar-refractivity contribution in [2.75, 3.05) is 5.32 Å². The standard InChI is InChI=1S/C23H24ClF3N4O/c1-12-8-17(13(2)28-12)22(32)30-16-5-3-4-15(10-16)29-20-11-21(23(25,26)27)31-19-7-6-14(24)9-18(19)20/h6-9,11,15-16,28H,3-5,10H2,1-2H3,(H,29,31)(H,30,32)/t15-,16+/m0/s1. The number of alkyl halides is 3. The highest BCUT2D eigenvalue weighted by Crippen LogP contribution is 2.35. The number of benzene rings is 1. The number of anilines is 1. The lowest BCUT2D eigenvalue weighted by Gasteiger charge is -2.31. The van der Waals surface area contributed by atoms with E-state index >= 15 is 0 Å². The van der Waals surface area contributed by atoms with Crippen molar-refractivity contribution in [3.8, 4) is 0 Å². The van der Waals surface area contributed by atoms with Crippen molar-refractivity contribution in [3.63, 3.8) is 0 Å². The number of aromatic amines is 1. The molecule has 5 nitrogen and oxygen atoms in total. The molecular formula is C23H24ClF3N4O. The summed E-state index contributed by atoms with van der Waals surface area (Å²) in [5.41, 5.74) is 1.96. The number of pyridine rings is 1. The normalized spacial score (nSPS) is 19.2. The SMILES string of the molecule is Cc1cc(C(=O)N[C@@H]2CCC[C@H](Nc3cc(C(F)(F)F)nc4ccc(Cl)cc34)C2)c(C)[nH]1. The minimum atomic E-state index is -4.56. The number of nitrogens with zero attached hydrogens (tertiary/aromatic N) is 1. The van der Waals surface area contributed by atoms with E-state index in [0.29, 0.717) is 28.1 Å². The molecule has 2 aromatic heterocycles. The lowest BCUT2D eigenvalue weighted by atomic mass is 9.90. The van der Waals surface area contributed by atoms with E-state index in [9.17, 15) is 18.0 Å². The van der Waals surface area contributed by atoms with E-state index in [1.54, 1.807) is 6.07 Å². The third kappa shape index (κ3) is 4.85. The Morgan fingerprint density at radius 3 is 2.59 bits per heavy atom. The average molecular weight is 465 g/mol. The van der Waals surface area contributed by atoms with Gasteiger partial charge in [0.15, 0.2) is 0 Å². The van der Waals surface area contributed by atoms with Gasteiger partial charge in [-0.25, -0.2) is 4.98 Å². The topological polar surface area (TPSA) is 69.8 Å². The number of H-pyrrole nitrogens is 1. The molecule has 2 heterocycles. The van der Waals surface area contributed by atoms with Crippen LogP contribution in [0.4, 0.5) is 18.9 Å². The molecule has 1 aliphatic carbocycles. The number of hydrogen-bond acceptors (Lipinski definition) is 3. The zero-order valence-corrected chi connectivity index (χ0v) is 18.5. The molecule has 1 aromatic carbocycles. The van der Waals surface area contributed by atoms with Crippen molar-refractivity contribution in [3.05, 3.63) is 58.0 Å². The van der Waals surface area contributed by atoms with Crippen molar-refractivity contribution in [2.45, 2.75) is 57.8 Å². The Morgan fingerprint density at radius 1 is 1.16 bits per heavy atom. The lowest BCUT2D eigenvalue weighted by molar-refractivity contribution is -0.140. The van der Waals surface area contributed by atoms with E-state index in [1.165, 1.54) is 12.1 Å². The number of nitrogens with one attached hydrogen (secondary N) is 3. The molecule has 0 aliphatic heterocycles. The van der Waals surface area contributed by atoms with Crippen LogP contribution in [-0.4, -0.2) is 28.0 Å². The van der Waals surface area contributed by atoms with Crippen LogP contribution < -0.4 is 10.6 Å². The number of fused-ring (bicyclic) bond motifs is 1. The molecule has 32 heavy (non-hydrogen) atoms. The van der Waals surface area contributed by atoms with Gasteiger partial charge in [0.1, 0.15) is 5.69 Å². The molecule has 9 heteroatoms. The van der Waals surface area contributed by atoms with Gasteiger partial charge in [0.25, 0.3) is 5.91 Å². The zero-order valence-electron chi connectivity index (χ0n) is 17.7. The predicted octanol–water partition coefficient (Wildman–Crippen LogP) is 6.01. The van der Waals surface area contributed by atoms with Gasteiger partial charge in [-0.3, -0.25) is 4.79 Å². The summed E-state index contributed by atoms with van der Waals surface area (Å²) in [6, 6.07) is 7.32. The fourth-order valence-electron chi connectivity index (χ4n) is 4.36. The first kappa shape index (κ1) is 22.5. The molecule has 1 fully saturated rings. The number of aromatic nitrogens is 2. The summed E-state index contributed by atoms with van der Waals surface area (Å²) in [6.45, 7) is 3.75. The van der Waals surface area contributed by atoms with Crippen LogP contribution >= 0.6 is 11.6 Å². The number of aryl methyl sites for hydroxylation is 2. The Labute approximate surface area is 188 Å². The highest BCUT2D eigenvalue weighted by molar-refractivity contribution is 6.31. The lowest BCUT2D eigenvalue weighted by Crippen LogP contribution is -2.42. The molecule has 0 radical (unpaired) electrons. The third-order valence-corrected chi connectivity index (χ3v) is 6.06. The molecule has 1 aliphatic rings. The number of amides is 1. The van der Waals surface area contributed by atoms with E-state index in [4.69, 9.17) is 11.6 Å². The van der Waals surface area contributed by atoms with E-state index in [2.05, 4.69) is 20.6 Å². The van der Waals surface area contributed by atoms with Gasteiger partial charge in [0.05, 0.1) is 11.1 Å².